The van der Waals surface area contributed by atoms with E-state index in [9.17, 15) is 8.42 Å². The molecule has 20 heavy (non-hydrogen) atoms. The largest absolute Gasteiger partial charge is 0.371 e. The average molecular weight is 318 g/mol. The fourth-order valence-corrected chi connectivity index (χ4v) is 4.44. The fraction of sp³-hybridized carbons (Fsp3) is 0.571. The second-order valence-corrected chi connectivity index (χ2v) is 7.53. The predicted molar refractivity (Wildman–Crippen MR) is 79.7 cm³/mol. The third kappa shape index (κ3) is 3.17. The van der Waals surface area contributed by atoms with Crippen LogP contribution in [-0.2, 0) is 14.8 Å². The lowest BCUT2D eigenvalue weighted by atomic mass is 10.2. The van der Waals surface area contributed by atoms with E-state index in [0.29, 0.717) is 23.9 Å². The van der Waals surface area contributed by atoms with Crippen LogP contribution >= 0.6 is 11.6 Å². The van der Waals surface area contributed by atoms with E-state index in [4.69, 9.17) is 16.3 Å². The van der Waals surface area contributed by atoms with Gasteiger partial charge in [0, 0.05) is 19.0 Å². The number of morpholine rings is 1. The van der Waals surface area contributed by atoms with Gasteiger partial charge in [-0.05, 0) is 38.0 Å². The second-order valence-electron chi connectivity index (χ2n) is 5.31. The number of aryl methyl sites for hydroxylation is 2. The Labute approximate surface area is 125 Å². The average Bonchev–Trinajstić information content (AvgIpc) is 2.40. The monoisotopic (exact) mass is 317 g/mol. The van der Waals surface area contributed by atoms with Gasteiger partial charge in [-0.25, -0.2) is 8.42 Å². The molecular formula is C14H20ClNO3S. The molecule has 0 radical (unpaired) electrons. The summed E-state index contributed by atoms with van der Waals surface area (Å²) in [4.78, 5) is 0.375. The molecule has 4 nitrogen and oxygen atoms in total. The first-order chi connectivity index (χ1) is 9.34. The third-order valence-electron chi connectivity index (χ3n) is 3.43. The van der Waals surface area contributed by atoms with E-state index in [1.807, 2.05) is 32.9 Å². The molecule has 6 heteroatoms. The molecule has 2 unspecified atom stereocenters. The number of ether oxygens (including phenoxy) is 1. The highest BCUT2D eigenvalue weighted by Gasteiger charge is 2.34. The summed E-state index contributed by atoms with van der Waals surface area (Å²) in [5, 5.41) is 0. The molecule has 1 saturated heterocycles. The number of hydrogen-bond donors (Lipinski definition) is 0. The van der Waals surface area contributed by atoms with E-state index in [-0.39, 0.29) is 12.2 Å². The number of benzene rings is 1. The van der Waals surface area contributed by atoms with Crippen LogP contribution in [-0.4, -0.2) is 43.9 Å². The predicted octanol–water partition coefficient (Wildman–Crippen LogP) is 2.32. The van der Waals surface area contributed by atoms with Crippen LogP contribution in [0.15, 0.2) is 23.1 Å². The summed E-state index contributed by atoms with van der Waals surface area (Å²) in [6.07, 6.45) is -0.396. The van der Waals surface area contributed by atoms with Gasteiger partial charge in [0.2, 0.25) is 10.0 Å². The highest BCUT2D eigenvalue weighted by molar-refractivity contribution is 7.89. The lowest BCUT2D eigenvalue weighted by Gasteiger charge is -2.35. The Morgan fingerprint density at radius 1 is 1.35 bits per heavy atom. The summed E-state index contributed by atoms with van der Waals surface area (Å²) in [6, 6.07) is 5.48. The Hall–Kier alpha value is -0.620. The SMILES string of the molecule is Cc1ccc(C)c(S(=O)(=O)N2CC(C)OC(CCl)C2)c1. The number of alkyl halides is 1. The van der Waals surface area contributed by atoms with Crippen molar-refractivity contribution in [3.63, 3.8) is 0 Å². The summed E-state index contributed by atoms with van der Waals surface area (Å²) in [5.41, 5.74) is 1.70. The minimum atomic E-state index is -3.50. The fourth-order valence-electron chi connectivity index (χ4n) is 2.41. The van der Waals surface area contributed by atoms with Gasteiger partial charge in [0.1, 0.15) is 0 Å². The maximum absolute atomic E-state index is 12.8. The molecule has 1 aliphatic rings. The van der Waals surface area contributed by atoms with Crippen LogP contribution in [0.4, 0.5) is 0 Å². The van der Waals surface area contributed by atoms with Crippen molar-refractivity contribution in [1.29, 1.82) is 0 Å². The Bertz CT molecular complexity index is 588. The first-order valence-corrected chi connectivity index (χ1v) is 8.61. The molecule has 2 rings (SSSR count). The van der Waals surface area contributed by atoms with Crippen molar-refractivity contribution >= 4 is 21.6 Å². The van der Waals surface area contributed by atoms with Crippen molar-refractivity contribution in [3.05, 3.63) is 29.3 Å². The Morgan fingerprint density at radius 3 is 2.70 bits per heavy atom. The third-order valence-corrected chi connectivity index (χ3v) is 5.74. The summed E-state index contributed by atoms with van der Waals surface area (Å²) in [7, 11) is -3.50. The quantitative estimate of drug-likeness (QED) is 0.804. The summed E-state index contributed by atoms with van der Waals surface area (Å²) in [6.45, 7) is 6.24. The van der Waals surface area contributed by atoms with Crippen molar-refractivity contribution in [3.8, 4) is 0 Å². The van der Waals surface area contributed by atoms with E-state index < -0.39 is 10.0 Å². The van der Waals surface area contributed by atoms with Crippen molar-refractivity contribution in [2.24, 2.45) is 0 Å². The first-order valence-electron chi connectivity index (χ1n) is 6.63. The van der Waals surface area contributed by atoms with E-state index in [1.54, 1.807) is 6.07 Å². The molecule has 0 amide bonds. The molecule has 0 bridgehead atoms. The molecule has 0 aliphatic carbocycles. The first kappa shape index (κ1) is 15.8. The van der Waals surface area contributed by atoms with Gasteiger partial charge in [-0.1, -0.05) is 12.1 Å². The van der Waals surface area contributed by atoms with Crippen molar-refractivity contribution in [2.75, 3.05) is 19.0 Å². The summed E-state index contributed by atoms with van der Waals surface area (Å²) in [5.74, 6) is 0.295. The zero-order valence-electron chi connectivity index (χ0n) is 12.0. The number of rotatable bonds is 3. The highest BCUT2D eigenvalue weighted by atomic mass is 35.5. The molecule has 1 aromatic carbocycles. The van der Waals surface area contributed by atoms with E-state index in [1.165, 1.54) is 4.31 Å². The minimum absolute atomic E-state index is 0.146. The zero-order chi connectivity index (χ0) is 14.9. The van der Waals surface area contributed by atoms with Crippen molar-refractivity contribution in [2.45, 2.75) is 37.9 Å². The number of hydrogen-bond acceptors (Lipinski definition) is 3. The van der Waals surface area contributed by atoms with Crippen LogP contribution in [0.3, 0.4) is 0 Å². The van der Waals surface area contributed by atoms with Gasteiger partial charge in [-0.3, -0.25) is 0 Å². The van der Waals surface area contributed by atoms with E-state index >= 15 is 0 Å². The van der Waals surface area contributed by atoms with Gasteiger partial charge in [0.25, 0.3) is 0 Å². The summed E-state index contributed by atoms with van der Waals surface area (Å²) >= 11 is 5.82. The molecule has 0 N–H and O–H groups in total. The number of halogens is 1. The molecule has 1 heterocycles. The van der Waals surface area contributed by atoms with Crippen LogP contribution in [0.1, 0.15) is 18.1 Å². The Kier molecular flexibility index (Phi) is 4.74. The molecule has 1 aliphatic heterocycles. The molecule has 0 spiro atoms. The molecule has 112 valence electrons. The maximum Gasteiger partial charge on any atom is 0.243 e. The van der Waals surface area contributed by atoms with Gasteiger partial charge < -0.3 is 4.74 Å². The smallest absolute Gasteiger partial charge is 0.243 e. The molecule has 0 saturated carbocycles. The van der Waals surface area contributed by atoms with Crippen molar-refractivity contribution in [1.82, 2.24) is 4.31 Å². The van der Waals surface area contributed by atoms with Crippen LogP contribution in [0.25, 0.3) is 0 Å². The van der Waals surface area contributed by atoms with Crippen LogP contribution in [0.2, 0.25) is 0 Å². The van der Waals surface area contributed by atoms with Crippen LogP contribution < -0.4 is 0 Å². The summed E-state index contributed by atoms with van der Waals surface area (Å²) < 4.78 is 32.7. The lowest BCUT2D eigenvalue weighted by Crippen LogP contribution is -2.49. The molecule has 0 aromatic heterocycles. The molecular weight excluding hydrogens is 298 g/mol. The van der Waals surface area contributed by atoms with Gasteiger partial charge in [0.05, 0.1) is 17.1 Å². The van der Waals surface area contributed by atoms with Gasteiger partial charge in [-0.2, -0.15) is 4.31 Å². The Morgan fingerprint density at radius 2 is 2.05 bits per heavy atom. The topological polar surface area (TPSA) is 46.6 Å². The van der Waals surface area contributed by atoms with Gasteiger partial charge in [-0.15, -0.1) is 11.6 Å². The standard InChI is InChI=1S/C14H20ClNO3S/c1-10-4-5-11(2)14(6-10)20(17,18)16-8-12(3)19-13(7-15)9-16/h4-6,12-13H,7-9H2,1-3H3. The maximum atomic E-state index is 12.8. The molecule has 2 atom stereocenters. The molecule has 1 fully saturated rings. The molecule has 1 aromatic rings. The van der Waals surface area contributed by atoms with E-state index in [0.717, 1.165) is 11.1 Å². The van der Waals surface area contributed by atoms with Crippen LogP contribution in [0.5, 0.6) is 0 Å². The lowest BCUT2D eigenvalue weighted by molar-refractivity contribution is -0.0423. The number of sulfonamides is 1. The van der Waals surface area contributed by atoms with Crippen molar-refractivity contribution < 1.29 is 13.2 Å². The minimum Gasteiger partial charge on any atom is -0.371 e. The van der Waals surface area contributed by atoms with Crippen LogP contribution in [0, 0.1) is 13.8 Å². The zero-order valence-corrected chi connectivity index (χ0v) is 13.5. The second kappa shape index (κ2) is 6.02. The van der Waals surface area contributed by atoms with Gasteiger partial charge >= 0.3 is 0 Å². The van der Waals surface area contributed by atoms with Gasteiger partial charge in [0.15, 0.2) is 0 Å². The number of nitrogens with zero attached hydrogens (tertiary/aromatic N) is 1. The Balaban J connectivity index is 2.36. The highest BCUT2D eigenvalue weighted by Crippen LogP contribution is 2.24. The normalized spacial score (nSPS) is 24.8. The van der Waals surface area contributed by atoms with E-state index in [2.05, 4.69) is 0 Å².